The lowest BCUT2D eigenvalue weighted by Gasteiger charge is -2.10. The first-order valence-electron chi connectivity index (χ1n) is 3.75. The average molecular weight is 171 g/mol. The van der Waals surface area contributed by atoms with Gasteiger partial charge in [-0.1, -0.05) is 6.92 Å². The number of ether oxygens (including phenoxy) is 1. The summed E-state index contributed by atoms with van der Waals surface area (Å²) in [6.45, 7) is 2.59. The summed E-state index contributed by atoms with van der Waals surface area (Å²) < 4.78 is 4.96. The molecule has 1 atom stereocenters. The van der Waals surface area contributed by atoms with Crippen molar-refractivity contribution < 1.29 is 4.74 Å². The van der Waals surface area contributed by atoms with Gasteiger partial charge in [-0.3, -0.25) is 0 Å². The molecule has 0 aromatic heterocycles. The maximum absolute atomic E-state index is 5.38. The normalized spacial score (nSPS) is 14.0. The Hall–Kier alpha value is -1.16. The summed E-state index contributed by atoms with van der Waals surface area (Å²) in [6, 6.07) is 0. The molecule has 0 saturated carbocycles. The molecule has 0 radical (unpaired) electrons. The Morgan fingerprint density at radius 1 is 1.50 bits per heavy atom. The molecule has 6 N–H and O–H groups in total. The molecule has 0 aromatic carbocycles. The van der Waals surface area contributed by atoms with Crippen LogP contribution in [-0.2, 0) is 4.74 Å². The van der Waals surface area contributed by atoms with E-state index in [1.54, 1.807) is 13.2 Å². The zero-order valence-electron chi connectivity index (χ0n) is 7.58. The van der Waals surface area contributed by atoms with Crippen LogP contribution in [0.5, 0.6) is 0 Å². The molecule has 0 heterocycles. The van der Waals surface area contributed by atoms with Crippen molar-refractivity contribution in [3.05, 3.63) is 23.7 Å². The summed E-state index contributed by atoms with van der Waals surface area (Å²) in [5, 5.41) is 0. The molecule has 0 rings (SSSR count). The van der Waals surface area contributed by atoms with E-state index >= 15 is 0 Å². The van der Waals surface area contributed by atoms with Crippen molar-refractivity contribution in [3.63, 3.8) is 0 Å². The molecule has 0 aliphatic carbocycles. The molecule has 1 unspecified atom stereocenters. The first kappa shape index (κ1) is 10.8. The van der Waals surface area contributed by atoms with Crippen molar-refractivity contribution >= 4 is 0 Å². The van der Waals surface area contributed by atoms with Gasteiger partial charge in [0.25, 0.3) is 0 Å². The number of hydrogen-bond acceptors (Lipinski definition) is 4. The fourth-order valence-electron chi connectivity index (χ4n) is 0.893. The van der Waals surface area contributed by atoms with Crippen LogP contribution in [0.3, 0.4) is 0 Å². The van der Waals surface area contributed by atoms with Crippen molar-refractivity contribution in [1.82, 2.24) is 0 Å². The van der Waals surface area contributed by atoms with E-state index in [9.17, 15) is 0 Å². The van der Waals surface area contributed by atoms with Crippen LogP contribution in [0.4, 0.5) is 0 Å². The molecule has 0 aromatic rings. The monoisotopic (exact) mass is 171 g/mol. The Kier molecular flexibility index (Phi) is 4.96. The van der Waals surface area contributed by atoms with E-state index in [2.05, 4.69) is 0 Å². The minimum atomic E-state index is 0.210. The molecule has 4 heteroatoms. The molecule has 0 fully saturated rings. The summed E-state index contributed by atoms with van der Waals surface area (Å²) in [4.78, 5) is 0. The van der Waals surface area contributed by atoms with Gasteiger partial charge < -0.3 is 21.9 Å². The van der Waals surface area contributed by atoms with E-state index in [0.717, 1.165) is 5.57 Å². The number of methoxy groups -OCH3 is 1. The van der Waals surface area contributed by atoms with Gasteiger partial charge in [0, 0.05) is 13.0 Å². The summed E-state index contributed by atoms with van der Waals surface area (Å²) in [7, 11) is 1.64. The molecular weight excluding hydrogens is 154 g/mol. The molecule has 0 aliphatic rings. The largest absolute Gasteiger partial charge is 0.404 e. The van der Waals surface area contributed by atoms with E-state index in [0.29, 0.717) is 6.61 Å². The van der Waals surface area contributed by atoms with E-state index < -0.39 is 0 Å². The van der Waals surface area contributed by atoms with Gasteiger partial charge in [0.2, 0.25) is 0 Å². The minimum absolute atomic E-state index is 0.210. The van der Waals surface area contributed by atoms with Gasteiger partial charge in [0.05, 0.1) is 12.4 Å². The summed E-state index contributed by atoms with van der Waals surface area (Å²) in [5.74, 6) is 0.469. The molecule has 0 spiro atoms. The van der Waals surface area contributed by atoms with Gasteiger partial charge in [0.1, 0.15) is 0 Å². The molecule has 12 heavy (non-hydrogen) atoms. The Morgan fingerprint density at radius 2 is 2.08 bits per heavy atom. The predicted octanol–water partition coefficient (Wildman–Crippen LogP) is -0.130. The van der Waals surface area contributed by atoms with Crippen molar-refractivity contribution in [3.8, 4) is 0 Å². The van der Waals surface area contributed by atoms with Crippen molar-refractivity contribution in [1.29, 1.82) is 0 Å². The lowest BCUT2D eigenvalue weighted by molar-refractivity contribution is 0.173. The summed E-state index contributed by atoms with van der Waals surface area (Å²) in [5.41, 5.74) is 16.9. The van der Waals surface area contributed by atoms with Gasteiger partial charge in [-0.25, -0.2) is 0 Å². The zero-order valence-corrected chi connectivity index (χ0v) is 7.58. The lowest BCUT2D eigenvalue weighted by atomic mass is 10.0. The second-order valence-corrected chi connectivity index (χ2v) is 2.67. The Balaban J connectivity index is 4.27. The highest BCUT2D eigenvalue weighted by Gasteiger charge is 2.05. The molecule has 0 aliphatic heterocycles. The molecule has 70 valence electrons. The lowest BCUT2D eigenvalue weighted by Crippen LogP contribution is -2.13. The quantitative estimate of drug-likeness (QED) is 0.514. The van der Waals surface area contributed by atoms with Crippen LogP contribution in [-0.4, -0.2) is 13.7 Å². The molecule has 4 nitrogen and oxygen atoms in total. The minimum Gasteiger partial charge on any atom is -0.404 e. The third kappa shape index (κ3) is 3.88. The third-order valence-corrected chi connectivity index (χ3v) is 1.51. The number of nitrogens with two attached hydrogens (primary N) is 3. The van der Waals surface area contributed by atoms with Gasteiger partial charge in [-0.05, 0) is 17.8 Å². The van der Waals surface area contributed by atoms with E-state index in [-0.39, 0.29) is 11.7 Å². The number of hydrogen-bond donors (Lipinski definition) is 3. The highest BCUT2D eigenvalue weighted by molar-refractivity contribution is 5.22. The van der Waals surface area contributed by atoms with E-state index in [1.807, 2.05) is 6.92 Å². The van der Waals surface area contributed by atoms with Crippen LogP contribution < -0.4 is 17.2 Å². The number of rotatable bonds is 4. The van der Waals surface area contributed by atoms with E-state index in [1.165, 1.54) is 6.20 Å². The van der Waals surface area contributed by atoms with Crippen molar-refractivity contribution in [2.45, 2.75) is 6.92 Å². The van der Waals surface area contributed by atoms with Gasteiger partial charge >= 0.3 is 0 Å². The molecule has 0 saturated heterocycles. The molecule has 0 bridgehead atoms. The topological polar surface area (TPSA) is 87.3 Å². The van der Waals surface area contributed by atoms with Crippen LogP contribution in [0, 0.1) is 5.92 Å². The van der Waals surface area contributed by atoms with Crippen LogP contribution in [0.2, 0.25) is 0 Å². The molecule has 0 amide bonds. The van der Waals surface area contributed by atoms with Crippen LogP contribution in [0.15, 0.2) is 23.7 Å². The van der Waals surface area contributed by atoms with Crippen LogP contribution in [0.25, 0.3) is 0 Å². The van der Waals surface area contributed by atoms with Crippen molar-refractivity contribution in [2.24, 2.45) is 23.1 Å². The maximum atomic E-state index is 5.38. The number of allylic oxidation sites excluding steroid dienone is 1. The summed E-state index contributed by atoms with van der Waals surface area (Å²) in [6.07, 6.45) is 3.13. The first-order valence-corrected chi connectivity index (χ1v) is 3.75. The highest BCUT2D eigenvalue weighted by Crippen LogP contribution is 2.10. The second kappa shape index (κ2) is 5.49. The van der Waals surface area contributed by atoms with Gasteiger partial charge in [-0.2, -0.15) is 0 Å². The SMILES string of the molecule is COCC(C)/C(C=C(N)N)=C/N. The molecular formula is C8H17N3O. The van der Waals surface area contributed by atoms with E-state index in [4.69, 9.17) is 21.9 Å². The fourth-order valence-corrected chi connectivity index (χ4v) is 0.893. The van der Waals surface area contributed by atoms with Crippen LogP contribution in [0.1, 0.15) is 6.92 Å². The average Bonchev–Trinajstić information content (AvgIpc) is 2.00. The Labute approximate surface area is 73.0 Å². The zero-order chi connectivity index (χ0) is 9.56. The van der Waals surface area contributed by atoms with Gasteiger partial charge in [-0.15, -0.1) is 0 Å². The second-order valence-electron chi connectivity index (χ2n) is 2.67. The Bertz CT molecular complexity index is 183. The van der Waals surface area contributed by atoms with Crippen molar-refractivity contribution in [2.75, 3.05) is 13.7 Å². The van der Waals surface area contributed by atoms with Crippen LogP contribution >= 0.6 is 0 Å². The van der Waals surface area contributed by atoms with Gasteiger partial charge in [0.15, 0.2) is 0 Å². The third-order valence-electron chi connectivity index (χ3n) is 1.51. The maximum Gasteiger partial charge on any atom is 0.0936 e. The Morgan fingerprint density at radius 3 is 2.42 bits per heavy atom. The fraction of sp³-hybridized carbons (Fsp3) is 0.500. The first-order chi connectivity index (χ1) is 5.61. The smallest absolute Gasteiger partial charge is 0.0936 e. The standard InChI is InChI=1S/C8H17N3O/c1-6(5-12-2)7(4-9)3-8(10)11/h3-4,6H,5,9-11H2,1-2H3/b7-4+. The highest BCUT2D eigenvalue weighted by atomic mass is 16.5. The summed E-state index contributed by atoms with van der Waals surface area (Å²) >= 11 is 0. The predicted molar refractivity (Wildman–Crippen MR) is 49.8 cm³/mol.